The number of carbonyl (C=O) groups excluding carboxylic acids is 1. The molecule has 3 N–H and O–H groups in total. The number of benzene rings is 1. The Balaban J connectivity index is 0.000000195. The van der Waals surface area contributed by atoms with Crippen molar-refractivity contribution < 1.29 is 50.3 Å². The van der Waals surface area contributed by atoms with Crippen LogP contribution in [0.3, 0.4) is 0 Å². The largest absolute Gasteiger partial charge is 0.581 e. The number of aromatic nitrogens is 2. The van der Waals surface area contributed by atoms with Gasteiger partial charge in [0.15, 0.2) is 0 Å². The average molecular weight is 501 g/mol. The van der Waals surface area contributed by atoms with Gasteiger partial charge in [-0.1, -0.05) is 6.07 Å². The van der Waals surface area contributed by atoms with Gasteiger partial charge in [-0.3, -0.25) is 4.79 Å². The summed E-state index contributed by atoms with van der Waals surface area (Å²) >= 11 is 0. The second-order valence-electron chi connectivity index (χ2n) is 6.13. The molecule has 26 heavy (non-hydrogen) atoms. The van der Waals surface area contributed by atoms with E-state index in [0.717, 1.165) is 24.9 Å². The predicted molar refractivity (Wildman–Crippen MR) is 95.9 cm³/mol. The number of amides is 1. The number of hydrogen-bond donors (Lipinski definition) is 3. The maximum Gasteiger partial charge on any atom is 0.211 e. The van der Waals surface area contributed by atoms with E-state index in [1.54, 1.807) is 0 Å². The van der Waals surface area contributed by atoms with Gasteiger partial charge in [-0.05, 0) is 73.9 Å². The third-order valence-electron chi connectivity index (χ3n) is 4.70. The minimum Gasteiger partial charge on any atom is -0.581 e. The standard InChI is InChI=1S/C13H15NO.C4H7N4OS.Pr/c15-8-14-13-11-5-1-3-9(11)7-10-4-2-6-12(10)13;1-6-10(5,9)4-2-3-7-8-4;/h7-8H,1-6H2,(H,14,15);2-3H,1H3,(H2-,5,6,7,8,9);/q;-1;. The third kappa shape index (κ3) is 4.53. The van der Waals surface area contributed by atoms with E-state index >= 15 is 0 Å². The molecular formula is C17H22N5O2PrS-. The first-order valence-electron chi connectivity index (χ1n) is 8.35. The van der Waals surface area contributed by atoms with Crippen molar-refractivity contribution in [3.8, 4) is 0 Å². The Labute approximate surface area is 187 Å². The van der Waals surface area contributed by atoms with Gasteiger partial charge in [0.1, 0.15) is 14.9 Å². The number of anilines is 1. The van der Waals surface area contributed by atoms with Crippen molar-refractivity contribution in [2.75, 3.05) is 12.4 Å². The van der Waals surface area contributed by atoms with Crippen molar-refractivity contribution in [2.24, 2.45) is 0 Å². The Bertz CT molecular complexity index is 834. The van der Waals surface area contributed by atoms with Gasteiger partial charge in [-0.15, -0.1) is 0 Å². The maximum absolute atomic E-state index is 11.1. The van der Waals surface area contributed by atoms with Crippen molar-refractivity contribution >= 4 is 22.0 Å². The number of nitrogens with one attached hydrogen (secondary N) is 3. The van der Waals surface area contributed by atoms with E-state index in [1.807, 2.05) is 0 Å². The van der Waals surface area contributed by atoms with Crippen LogP contribution >= 0.6 is 0 Å². The van der Waals surface area contributed by atoms with Crippen molar-refractivity contribution in [1.29, 1.82) is 4.78 Å². The van der Waals surface area contributed by atoms with E-state index < -0.39 is 9.92 Å². The molecule has 1 atom stereocenters. The topological polar surface area (TPSA) is 109 Å². The summed E-state index contributed by atoms with van der Waals surface area (Å²) in [7, 11) is -1.43. The number of fused-ring (bicyclic) bond motifs is 2. The summed E-state index contributed by atoms with van der Waals surface area (Å²) in [4.78, 5) is 10.7. The molecular weight excluding hydrogens is 479 g/mol. The van der Waals surface area contributed by atoms with E-state index in [4.69, 9.17) is 4.78 Å². The molecule has 0 bridgehead atoms. The maximum atomic E-state index is 11.1. The summed E-state index contributed by atoms with van der Waals surface area (Å²) < 4.78 is 20.6. The van der Waals surface area contributed by atoms with Crippen molar-refractivity contribution in [3.05, 3.63) is 40.6 Å². The molecule has 7 nitrogen and oxygen atoms in total. The van der Waals surface area contributed by atoms with Gasteiger partial charge in [-0.25, -0.2) is 13.7 Å². The Morgan fingerprint density at radius 2 is 1.81 bits per heavy atom. The van der Waals surface area contributed by atoms with E-state index in [2.05, 4.69) is 26.3 Å². The quantitative estimate of drug-likeness (QED) is 0.556. The first-order valence-corrected chi connectivity index (χ1v) is 9.91. The van der Waals surface area contributed by atoms with Crippen molar-refractivity contribution in [2.45, 2.75) is 43.6 Å². The fraction of sp³-hybridized carbons (Fsp3) is 0.412. The summed E-state index contributed by atoms with van der Waals surface area (Å²) in [6.45, 7) is 0. The van der Waals surface area contributed by atoms with Crippen LogP contribution in [-0.2, 0) is 40.4 Å². The molecule has 1 aromatic carbocycles. The predicted octanol–water partition coefficient (Wildman–Crippen LogP) is 1.81. The van der Waals surface area contributed by atoms with E-state index in [1.165, 1.54) is 67.2 Å². The minimum atomic E-state index is -2.88. The fourth-order valence-corrected chi connectivity index (χ4v) is 4.15. The molecule has 0 saturated heterocycles. The van der Waals surface area contributed by atoms with Crippen LogP contribution in [0.25, 0.3) is 0 Å². The molecule has 2 aliphatic rings. The Kier molecular flexibility index (Phi) is 7.76. The van der Waals surface area contributed by atoms with Crippen LogP contribution in [0.1, 0.15) is 35.1 Å². The molecule has 1 radical (unpaired) electrons. The number of nitrogens with zero attached hydrogens (tertiary/aromatic N) is 2. The first-order chi connectivity index (χ1) is 12.1. The van der Waals surface area contributed by atoms with E-state index in [9.17, 15) is 9.00 Å². The first kappa shape index (κ1) is 21.5. The molecule has 0 fully saturated rings. The van der Waals surface area contributed by atoms with Crippen LogP contribution in [0, 0.1) is 46.1 Å². The summed E-state index contributed by atoms with van der Waals surface area (Å²) in [5, 5.41) is 10.0. The van der Waals surface area contributed by atoms with Crippen LogP contribution in [-0.4, -0.2) is 22.8 Å². The van der Waals surface area contributed by atoms with Crippen LogP contribution in [0.4, 0.5) is 5.69 Å². The molecule has 1 unspecified atom stereocenters. The minimum absolute atomic E-state index is 0. The average Bonchev–Trinajstić information content (AvgIpc) is 3.35. The second kappa shape index (κ2) is 9.39. The SMILES string of the molecule is CNS(=N)(=O)c1cc[n-]n1.O=CNc1c2c(cc3c1CCC3)CCC2.[Pr]. The molecule has 137 valence electrons. The number of hydrogen-bond acceptors (Lipinski definition) is 4. The van der Waals surface area contributed by atoms with Gasteiger partial charge >= 0.3 is 0 Å². The van der Waals surface area contributed by atoms with E-state index in [-0.39, 0.29) is 46.3 Å². The van der Waals surface area contributed by atoms with Crippen LogP contribution in [0.15, 0.2) is 23.4 Å². The van der Waals surface area contributed by atoms with Gasteiger partial charge in [-0.2, -0.15) is 6.20 Å². The molecule has 1 heterocycles. The van der Waals surface area contributed by atoms with Gasteiger partial charge in [0.2, 0.25) is 6.41 Å². The van der Waals surface area contributed by atoms with E-state index in [0.29, 0.717) is 0 Å². The monoisotopic (exact) mass is 501 g/mol. The van der Waals surface area contributed by atoms with Gasteiger partial charge in [0.05, 0.1) is 0 Å². The molecule has 1 aromatic heterocycles. The molecule has 9 heteroatoms. The Morgan fingerprint density at radius 3 is 2.27 bits per heavy atom. The zero-order chi connectivity index (χ0) is 17.9. The van der Waals surface area contributed by atoms with Crippen molar-refractivity contribution in [1.82, 2.24) is 14.9 Å². The fourth-order valence-electron chi connectivity index (χ4n) is 3.53. The summed E-state index contributed by atoms with van der Waals surface area (Å²) in [6.07, 6.45) is 9.37. The van der Waals surface area contributed by atoms with Gasteiger partial charge in [0.25, 0.3) is 0 Å². The van der Waals surface area contributed by atoms with Gasteiger partial charge < -0.3 is 15.5 Å². The molecule has 1 amide bonds. The molecule has 0 spiro atoms. The van der Waals surface area contributed by atoms with Crippen LogP contribution < -0.4 is 15.1 Å². The number of aryl methyl sites for hydroxylation is 2. The normalized spacial score (nSPS) is 16.3. The van der Waals surface area contributed by atoms with Crippen molar-refractivity contribution in [3.63, 3.8) is 0 Å². The second-order valence-corrected chi connectivity index (χ2v) is 8.06. The molecule has 2 aliphatic carbocycles. The smallest absolute Gasteiger partial charge is 0.211 e. The molecule has 4 rings (SSSR count). The Morgan fingerprint density at radius 1 is 1.19 bits per heavy atom. The summed E-state index contributed by atoms with van der Waals surface area (Å²) in [5.74, 6) is 0. The molecule has 0 aliphatic heterocycles. The zero-order valence-electron chi connectivity index (χ0n) is 14.7. The van der Waals surface area contributed by atoms with Crippen LogP contribution in [0.5, 0.6) is 0 Å². The zero-order valence-corrected chi connectivity index (χ0v) is 19.3. The molecule has 2 aromatic rings. The third-order valence-corrected chi connectivity index (χ3v) is 6.08. The van der Waals surface area contributed by atoms with Crippen LogP contribution in [0.2, 0.25) is 0 Å². The molecule has 0 saturated carbocycles. The number of rotatable bonds is 4. The summed E-state index contributed by atoms with van der Waals surface area (Å²) in [6, 6.07) is 3.83. The van der Waals surface area contributed by atoms with Gasteiger partial charge in [0, 0.05) is 47.0 Å². The number of carbonyl (C=O) groups is 1. The Hall–Kier alpha value is -0.826. The summed E-state index contributed by atoms with van der Waals surface area (Å²) in [5.41, 5.74) is 6.90.